The number of carbonyl (C=O) groups excluding carboxylic acids is 1. The topological polar surface area (TPSA) is 79.8 Å². The number of aromatic nitrogens is 3. The number of anilines is 2. The standard InChI is InChI=1S/C14H10ClN5O/c15-13-12(10-6-16-8-18-11(10)7-17-13)20-14(21)19-9-4-2-1-3-5-9/h1-8H,(H2,19,20,21). The third kappa shape index (κ3) is 2.90. The van der Waals surface area contributed by atoms with Gasteiger partial charge < -0.3 is 10.6 Å². The molecule has 3 rings (SSSR count). The Morgan fingerprint density at radius 3 is 2.67 bits per heavy atom. The maximum atomic E-state index is 12.0. The van der Waals surface area contributed by atoms with Gasteiger partial charge in [-0.05, 0) is 12.1 Å². The van der Waals surface area contributed by atoms with Crippen molar-refractivity contribution in [2.45, 2.75) is 0 Å². The van der Waals surface area contributed by atoms with Gasteiger partial charge in [-0.2, -0.15) is 0 Å². The maximum absolute atomic E-state index is 12.0. The number of carbonyl (C=O) groups is 1. The first kappa shape index (κ1) is 13.3. The maximum Gasteiger partial charge on any atom is 0.323 e. The molecule has 0 saturated heterocycles. The average molecular weight is 300 g/mol. The number of benzene rings is 1. The summed E-state index contributed by atoms with van der Waals surface area (Å²) in [5, 5.41) is 6.19. The molecule has 1 aromatic carbocycles. The average Bonchev–Trinajstić information content (AvgIpc) is 2.51. The summed E-state index contributed by atoms with van der Waals surface area (Å²) >= 11 is 6.04. The molecule has 0 aliphatic heterocycles. The summed E-state index contributed by atoms with van der Waals surface area (Å²) in [6.07, 6.45) is 4.51. The van der Waals surface area contributed by atoms with E-state index < -0.39 is 6.03 Å². The van der Waals surface area contributed by atoms with Gasteiger partial charge >= 0.3 is 6.03 Å². The highest BCUT2D eigenvalue weighted by atomic mass is 35.5. The van der Waals surface area contributed by atoms with Gasteiger partial charge in [0.2, 0.25) is 0 Å². The highest BCUT2D eigenvalue weighted by molar-refractivity contribution is 6.34. The van der Waals surface area contributed by atoms with Gasteiger partial charge in [-0.1, -0.05) is 29.8 Å². The number of hydrogen-bond acceptors (Lipinski definition) is 4. The summed E-state index contributed by atoms with van der Waals surface area (Å²) in [6, 6.07) is 8.68. The van der Waals surface area contributed by atoms with Crippen LogP contribution in [0, 0.1) is 0 Å². The number of urea groups is 1. The molecule has 104 valence electrons. The number of nitrogens with one attached hydrogen (secondary N) is 2. The molecule has 0 radical (unpaired) electrons. The van der Waals surface area contributed by atoms with Crippen LogP contribution in [0.1, 0.15) is 0 Å². The molecule has 2 N–H and O–H groups in total. The fraction of sp³-hybridized carbons (Fsp3) is 0. The molecule has 6 nitrogen and oxygen atoms in total. The lowest BCUT2D eigenvalue weighted by molar-refractivity contribution is 0.262. The smallest absolute Gasteiger partial charge is 0.308 e. The number of hydrogen-bond donors (Lipinski definition) is 2. The number of nitrogens with zero attached hydrogens (tertiary/aromatic N) is 3. The summed E-state index contributed by atoms with van der Waals surface area (Å²) in [6.45, 7) is 0. The molecule has 2 heterocycles. The lowest BCUT2D eigenvalue weighted by Gasteiger charge is -2.10. The predicted molar refractivity (Wildman–Crippen MR) is 81.4 cm³/mol. The number of fused-ring (bicyclic) bond motifs is 1. The Morgan fingerprint density at radius 2 is 1.86 bits per heavy atom. The van der Waals surface area contributed by atoms with Gasteiger partial charge in [0.25, 0.3) is 0 Å². The first-order chi connectivity index (χ1) is 10.2. The van der Waals surface area contributed by atoms with Gasteiger partial charge in [-0.3, -0.25) is 0 Å². The van der Waals surface area contributed by atoms with E-state index in [1.807, 2.05) is 18.2 Å². The van der Waals surface area contributed by atoms with E-state index in [9.17, 15) is 4.79 Å². The molecule has 3 aromatic rings. The second-order valence-electron chi connectivity index (χ2n) is 4.19. The monoisotopic (exact) mass is 299 g/mol. The van der Waals surface area contributed by atoms with Crippen LogP contribution in [0.3, 0.4) is 0 Å². The minimum Gasteiger partial charge on any atom is -0.308 e. The van der Waals surface area contributed by atoms with Gasteiger partial charge in [-0.15, -0.1) is 0 Å². The summed E-state index contributed by atoms with van der Waals surface area (Å²) in [5.74, 6) is 0. The number of para-hydroxylation sites is 1. The largest absolute Gasteiger partial charge is 0.323 e. The Labute approximate surface area is 125 Å². The normalized spacial score (nSPS) is 10.3. The van der Waals surface area contributed by atoms with Crippen molar-refractivity contribution in [1.82, 2.24) is 15.0 Å². The van der Waals surface area contributed by atoms with Crippen LogP contribution >= 0.6 is 11.6 Å². The molecule has 0 aliphatic rings. The zero-order valence-corrected chi connectivity index (χ0v) is 11.5. The van der Waals surface area contributed by atoms with Crippen molar-refractivity contribution >= 4 is 39.9 Å². The molecular weight excluding hydrogens is 290 g/mol. The van der Waals surface area contributed by atoms with Gasteiger partial charge in [0.15, 0.2) is 5.15 Å². The fourth-order valence-corrected chi connectivity index (χ4v) is 2.04. The Balaban J connectivity index is 1.88. The molecule has 0 fully saturated rings. The Morgan fingerprint density at radius 1 is 1.05 bits per heavy atom. The van der Waals surface area contributed by atoms with Gasteiger partial charge in [0.05, 0.1) is 17.4 Å². The van der Waals surface area contributed by atoms with Crippen LogP contribution in [0.4, 0.5) is 16.2 Å². The molecule has 0 bridgehead atoms. The Bertz CT molecular complexity index is 794. The summed E-state index contributed by atoms with van der Waals surface area (Å²) in [4.78, 5) is 24.0. The lowest BCUT2D eigenvalue weighted by Crippen LogP contribution is -2.20. The van der Waals surface area contributed by atoms with E-state index >= 15 is 0 Å². The van der Waals surface area contributed by atoms with Crippen molar-refractivity contribution in [1.29, 1.82) is 0 Å². The van der Waals surface area contributed by atoms with Crippen molar-refractivity contribution < 1.29 is 4.79 Å². The first-order valence-corrected chi connectivity index (χ1v) is 6.49. The first-order valence-electron chi connectivity index (χ1n) is 6.11. The minimum atomic E-state index is -0.416. The quantitative estimate of drug-likeness (QED) is 0.711. The molecular formula is C14H10ClN5O. The molecule has 0 atom stereocenters. The van der Waals surface area contributed by atoms with E-state index in [2.05, 4.69) is 25.6 Å². The van der Waals surface area contributed by atoms with Crippen LogP contribution in [-0.4, -0.2) is 21.0 Å². The van der Waals surface area contributed by atoms with E-state index in [0.29, 0.717) is 22.3 Å². The van der Waals surface area contributed by atoms with Crippen LogP contribution < -0.4 is 10.6 Å². The number of halogens is 1. The third-order valence-corrected chi connectivity index (χ3v) is 3.08. The van der Waals surface area contributed by atoms with Crippen LogP contribution in [0.25, 0.3) is 10.9 Å². The zero-order valence-electron chi connectivity index (χ0n) is 10.7. The van der Waals surface area contributed by atoms with Crippen LogP contribution in [0.2, 0.25) is 5.15 Å². The van der Waals surface area contributed by atoms with E-state index in [1.54, 1.807) is 18.3 Å². The van der Waals surface area contributed by atoms with Crippen molar-refractivity contribution in [2.24, 2.45) is 0 Å². The summed E-state index contributed by atoms with van der Waals surface area (Å²) in [5.41, 5.74) is 1.66. The second-order valence-corrected chi connectivity index (χ2v) is 4.55. The molecule has 0 saturated carbocycles. The Kier molecular flexibility index (Phi) is 3.61. The highest BCUT2D eigenvalue weighted by Gasteiger charge is 2.12. The SMILES string of the molecule is O=C(Nc1ccccc1)Nc1c(Cl)ncc2ncncc12. The van der Waals surface area contributed by atoms with Crippen molar-refractivity contribution in [3.8, 4) is 0 Å². The van der Waals surface area contributed by atoms with Crippen molar-refractivity contribution in [3.05, 3.63) is 54.2 Å². The number of amides is 2. The number of rotatable bonds is 2. The predicted octanol–water partition coefficient (Wildman–Crippen LogP) is 3.32. The van der Waals surface area contributed by atoms with E-state index in [1.165, 1.54) is 12.5 Å². The lowest BCUT2D eigenvalue weighted by atomic mass is 10.2. The molecule has 21 heavy (non-hydrogen) atoms. The van der Waals surface area contributed by atoms with E-state index in [-0.39, 0.29) is 5.15 Å². The van der Waals surface area contributed by atoms with E-state index in [0.717, 1.165) is 0 Å². The highest BCUT2D eigenvalue weighted by Crippen LogP contribution is 2.27. The fourth-order valence-electron chi connectivity index (χ4n) is 1.84. The molecule has 0 spiro atoms. The van der Waals surface area contributed by atoms with Gasteiger partial charge in [-0.25, -0.2) is 19.7 Å². The van der Waals surface area contributed by atoms with Crippen LogP contribution in [0.15, 0.2) is 49.1 Å². The van der Waals surface area contributed by atoms with Crippen molar-refractivity contribution in [3.63, 3.8) is 0 Å². The van der Waals surface area contributed by atoms with Gasteiger partial charge in [0, 0.05) is 17.3 Å². The number of pyridine rings is 1. The third-order valence-electron chi connectivity index (χ3n) is 2.79. The molecule has 7 heteroatoms. The van der Waals surface area contributed by atoms with Gasteiger partial charge in [0.1, 0.15) is 6.33 Å². The Hall–Kier alpha value is -2.73. The van der Waals surface area contributed by atoms with Crippen LogP contribution in [-0.2, 0) is 0 Å². The van der Waals surface area contributed by atoms with Crippen LogP contribution in [0.5, 0.6) is 0 Å². The summed E-state index contributed by atoms with van der Waals surface area (Å²) < 4.78 is 0. The van der Waals surface area contributed by atoms with Crippen molar-refractivity contribution in [2.75, 3.05) is 10.6 Å². The second kappa shape index (κ2) is 5.72. The van der Waals surface area contributed by atoms with E-state index in [4.69, 9.17) is 11.6 Å². The zero-order chi connectivity index (χ0) is 14.7. The minimum absolute atomic E-state index is 0.181. The molecule has 2 amide bonds. The molecule has 2 aromatic heterocycles. The summed E-state index contributed by atoms with van der Waals surface area (Å²) in [7, 11) is 0. The molecule has 0 aliphatic carbocycles. The molecule has 0 unspecified atom stereocenters.